The van der Waals surface area contributed by atoms with Crippen LogP contribution < -0.4 is 0 Å². The zero-order valence-electron chi connectivity index (χ0n) is 34.1. The molecular weight excluding hydrogens is 739 g/mol. The van der Waals surface area contributed by atoms with Gasteiger partial charge in [-0.15, -0.1) is 46.2 Å². The predicted octanol–water partition coefficient (Wildman–Crippen LogP) is 14.8. The average molecular weight is 797 g/mol. The van der Waals surface area contributed by atoms with E-state index in [0.29, 0.717) is 0 Å². The number of fused-ring (bicyclic) bond motifs is 4. The van der Waals surface area contributed by atoms with Crippen molar-refractivity contribution >= 4 is 47.1 Å². The third-order valence-corrected chi connectivity index (χ3v) is 11.6. The molecule has 6 aromatic carbocycles. The van der Waals surface area contributed by atoms with E-state index >= 15 is 0 Å². The molecule has 6 aromatic rings. The molecule has 0 heterocycles. The number of rotatable bonds is 2. The van der Waals surface area contributed by atoms with Crippen molar-refractivity contribution in [1.29, 1.82) is 0 Å². The third-order valence-electron chi connectivity index (χ3n) is 9.97. The van der Waals surface area contributed by atoms with Crippen LogP contribution >= 0.6 is 11.6 Å². The van der Waals surface area contributed by atoms with E-state index in [1.807, 2.05) is 30.4 Å². The first-order valence-corrected chi connectivity index (χ1v) is 20.5. The van der Waals surface area contributed by atoms with Gasteiger partial charge in [0.1, 0.15) is 0 Å². The molecule has 0 spiro atoms. The maximum atomic E-state index is 6.09. The monoisotopic (exact) mass is 794 g/mol. The Morgan fingerprint density at radius 1 is 0.585 bits per heavy atom. The third kappa shape index (κ3) is 9.71. The van der Waals surface area contributed by atoms with Gasteiger partial charge in [0.05, 0.1) is 0 Å². The normalized spacial score (nSPS) is 13.3. The van der Waals surface area contributed by atoms with Crippen LogP contribution in [0.4, 0.5) is 0 Å². The van der Waals surface area contributed by atoms with Gasteiger partial charge >= 0.3 is 133 Å². The summed E-state index contributed by atoms with van der Waals surface area (Å²) in [5.41, 5.74) is 8.92. The van der Waals surface area contributed by atoms with E-state index in [4.69, 9.17) is 11.6 Å². The van der Waals surface area contributed by atoms with Crippen molar-refractivity contribution in [2.45, 2.75) is 111 Å². The summed E-state index contributed by atoms with van der Waals surface area (Å²) in [5.74, 6) is 0. The van der Waals surface area contributed by atoms with E-state index in [1.54, 1.807) is 0 Å². The summed E-state index contributed by atoms with van der Waals surface area (Å²) in [4.78, 5) is 0. The van der Waals surface area contributed by atoms with Gasteiger partial charge in [0.2, 0.25) is 0 Å². The maximum absolute atomic E-state index is 6.09. The van der Waals surface area contributed by atoms with Gasteiger partial charge in [-0.25, -0.2) is 12.2 Å². The van der Waals surface area contributed by atoms with Crippen molar-refractivity contribution < 1.29 is 24.2 Å². The predicted molar refractivity (Wildman–Crippen MR) is 232 cm³/mol. The van der Waals surface area contributed by atoms with Crippen molar-refractivity contribution in [3.05, 3.63) is 160 Å². The molecule has 0 unspecified atom stereocenters. The summed E-state index contributed by atoms with van der Waals surface area (Å²) < 4.78 is 1.34. The smallest absolute Gasteiger partial charge is 0.109 e. The van der Waals surface area contributed by atoms with Gasteiger partial charge < -0.3 is 0 Å². The van der Waals surface area contributed by atoms with Crippen LogP contribution in [0.15, 0.2) is 115 Å². The van der Waals surface area contributed by atoms with Crippen molar-refractivity contribution in [3.63, 3.8) is 0 Å². The second-order valence-corrected chi connectivity index (χ2v) is 20.2. The molecule has 0 radical (unpaired) electrons. The minimum atomic E-state index is 0.124. The minimum absolute atomic E-state index is 0.124. The average Bonchev–Trinajstić information content (AvgIpc) is 3.77. The summed E-state index contributed by atoms with van der Waals surface area (Å²) in [7, 11) is 0. The van der Waals surface area contributed by atoms with Crippen LogP contribution in [-0.2, 0) is 45.9 Å². The minimum Gasteiger partial charge on any atom is -0.273 e. The molecule has 272 valence electrons. The van der Waals surface area contributed by atoms with E-state index in [0.717, 1.165) is 11.4 Å². The van der Waals surface area contributed by atoms with Gasteiger partial charge in [-0.3, -0.25) is 6.08 Å². The van der Waals surface area contributed by atoms with Crippen LogP contribution in [0.1, 0.15) is 123 Å². The molecule has 1 aliphatic carbocycles. The molecule has 0 nitrogen and oxygen atoms in total. The zero-order chi connectivity index (χ0) is 38.9. The molecule has 0 aliphatic heterocycles. The number of halogens is 1. The van der Waals surface area contributed by atoms with Gasteiger partial charge in [0.25, 0.3) is 0 Å². The van der Waals surface area contributed by atoms with Gasteiger partial charge in [-0.1, -0.05) is 117 Å². The summed E-state index contributed by atoms with van der Waals surface area (Å²) in [6, 6.07) is 35.3. The van der Waals surface area contributed by atoms with E-state index in [1.165, 1.54) is 93.1 Å². The van der Waals surface area contributed by atoms with Gasteiger partial charge in [-0.2, -0.15) is 6.08 Å². The van der Waals surface area contributed by atoms with E-state index < -0.39 is 0 Å². The Morgan fingerprint density at radius 3 is 1.53 bits per heavy atom. The number of benzene rings is 5. The molecular formula is C51H57ClZr. The molecule has 0 fully saturated rings. The Hall–Kier alpha value is -3.25. The quantitative estimate of drug-likeness (QED) is 0.153. The van der Waals surface area contributed by atoms with Gasteiger partial charge in [-0.05, 0) is 21.7 Å². The van der Waals surface area contributed by atoms with Crippen molar-refractivity contribution in [1.82, 2.24) is 0 Å². The van der Waals surface area contributed by atoms with E-state index in [2.05, 4.69) is 174 Å². The number of allylic oxidation sites excluding steroid dienone is 4. The Balaban J connectivity index is 0.000000191. The molecule has 0 saturated heterocycles. The molecule has 0 N–H and O–H groups in total. The molecule has 2 heteroatoms. The standard InChI is InChI=1S/C29H41.C17H11Cl.C5H5.Zr/c1-26(2,3)22-14-18-13-19-15-23(27(4,5)6)25(29(10,11)12)17-21(19)20(18)16-24(22)28(7,8)9;18-16-9-3-5-13(12-16)11-15-8-4-7-14-6-1-2-10-17(14)15;1-2-4-5-3-1;/h13-17H,1-12H3;1-10,12H;1-3H,4H2;/q-1;;-1;+2. The van der Waals surface area contributed by atoms with Crippen LogP contribution in [0.25, 0.3) is 32.3 Å². The molecule has 1 aliphatic rings. The van der Waals surface area contributed by atoms with Gasteiger partial charge in [0.15, 0.2) is 0 Å². The molecule has 0 aromatic heterocycles. The maximum Gasteiger partial charge on any atom is -0.109 e. The largest absolute Gasteiger partial charge is 0.273 e. The Kier molecular flexibility index (Phi) is 12.2. The SMILES string of the molecule is CC(C)(C)c1cc2[cH-]c3cc(C(C)(C)C)c(C(C)(C)C)cc3c2cc1C(C)(C)C.Clc1cccc([C](=[Zr+2])c2cccc3ccccc23)c1.[C-]1=CC=CC1. The van der Waals surface area contributed by atoms with E-state index in [-0.39, 0.29) is 21.7 Å². The summed E-state index contributed by atoms with van der Waals surface area (Å²) >= 11 is 7.49. The summed E-state index contributed by atoms with van der Waals surface area (Å²) in [5, 5.41) is 8.94. The van der Waals surface area contributed by atoms with Crippen LogP contribution in [0.3, 0.4) is 0 Å². The van der Waals surface area contributed by atoms with Crippen molar-refractivity contribution in [2.24, 2.45) is 0 Å². The fourth-order valence-corrected chi connectivity index (χ4v) is 8.28. The second kappa shape index (κ2) is 15.8. The molecule has 0 saturated carbocycles. The summed E-state index contributed by atoms with van der Waals surface area (Å²) in [6.45, 7) is 28.0. The first kappa shape index (κ1) is 40.9. The van der Waals surface area contributed by atoms with Crippen LogP contribution in [0.2, 0.25) is 5.02 Å². The van der Waals surface area contributed by atoms with E-state index in [9.17, 15) is 0 Å². The first-order chi connectivity index (χ1) is 24.7. The van der Waals surface area contributed by atoms with Crippen LogP contribution in [0, 0.1) is 6.08 Å². The fraction of sp³-hybridized carbons (Fsp3) is 0.333. The van der Waals surface area contributed by atoms with Crippen LogP contribution in [0.5, 0.6) is 0 Å². The molecule has 0 bridgehead atoms. The topological polar surface area (TPSA) is 0 Å². The Morgan fingerprint density at radius 2 is 1.08 bits per heavy atom. The fourth-order valence-electron chi connectivity index (χ4n) is 7.17. The van der Waals surface area contributed by atoms with Gasteiger partial charge in [0, 0.05) is 0 Å². The number of hydrogen-bond acceptors (Lipinski definition) is 0. The summed E-state index contributed by atoms with van der Waals surface area (Å²) in [6.07, 6.45) is 10.0. The molecule has 0 amide bonds. The zero-order valence-corrected chi connectivity index (χ0v) is 37.3. The molecule has 53 heavy (non-hydrogen) atoms. The van der Waals surface area contributed by atoms with Crippen molar-refractivity contribution in [2.75, 3.05) is 0 Å². The first-order valence-electron chi connectivity index (χ1n) is 18.9. The van der Waals surface area contributed by atoms with Crippen molar-refractivity contribution in [3.8, 4) is 0 Å². The molecule has 0 atom stereocenters. The van der Waals surface area contributed by atoms with Crippen LogP contribution in [-0.4, -0.2) is 3.21 Å². The molecule has 7 rings (SSSR count). The Labute approximate surface area is 340 Å². The number of hydrogen-bond donors (Lipinski definition) is 0. The Bertz CT molecular complexity index is 2210. The second-order valence-electron chi connectivity index (χ2n) is 18.5.